The number of H-pyrrole nitrogens is 1. The fourth-order valence-corrected chi connectivity index (χ4v) is 4.07. The summed E-state index contributed by atoms with van der Waals surface area (Å²) < 4.78 is 0. The molecule has 0 bridgehead atoms. The number of nitrogens with zero attached hydrogens (tertiary/aromatic N) is 3. The lowest BCUT2D eigenvalue weighted by molar-refractivity contribution is 0.102. The molecule has 156 valence electrons. The average molecular weight is 412 g/mol. The summed E-state index contributed by atoms with van der Waals surface area (Å²) in [5.41, 5.74) is 4.75. The number of benzene rings is 1. The molecule has 3 heterocycles. The largest absolute Gasteiger partial charge is 0.319 e. The lowest BCUT2D eigenvalue weighted by Crippen LogP contribution is -2.25. The van der Waals surface area contributed by atoms with E-state index in [1.54, 1.807) is 18.6 Å². The Morgan fingerprint density at radius 3 is 2.74 bits per heavy atom. The summed E-state index contributed by atoms with van der Waals surface area (Å²) >= 11 is 0. The van der Waals surface area contributed by atoms with Crippen molar-refractivity contribution < 1.29 is 4.79 Å². The highest BCUT2D eigenvalue weighted by atomic mass is 16.1. The molecule has 1 aliphatic rings. The van der Waals surface area contributed by atoms with Crippen LogP contribution in [0.25, 0.3) is 22.0 Å². The summed E-state index contributed by atoms with van der Waals surface area (Å²) in [4.78, 5) is 21.5. The molecule has 0 saturated heterocycles. The molecule has 1 aliphatic carbocycles. The third kappa shape index (κ3) is 4.32. The zero-order chi connectivity index (χ0) is 21.0. The van der Waals surface area contributed by atoms with Crippen molar-refractivity contribution in [1.29, 1.82) is 0 Å². The van der Waals surface area contributed by atoms with E-state index in [0.717, 1.165) is 34.3 Å². The van der Waals surface area contributed by atoms with E-state index in [1.165, 1.54) is 25.7 Å². The Bertz CT molecular complexity index is 1180. The molecule has 3 N–H and O–H groups in total. The second-order valence-electron chi connectivity index (χ2n) is 7.93. The van der Waals surface area contributed by atoms with Gasteiger partial charge in [-0.3, -0.25) is 19.9 Å². The van der Waals surface area contributed by atoms with Gasteiger partial charge >= 0.3 is 0 Å². The van der Waals surface area contributed by atoms with Gasteiger partial charge in [-0.25, -0.2) is 0 Å². The zero-order valence-corrected chi connectivity index (χ0v) is 17.1. The number of pyridine rings is 2. The van der Waals surface area contributed by atoms with E-state index in [4.69, 9.17) is 0 Å². The Morgan fingerprint density at radius 2 is 1.97 bits per heavy atom. The minimum atomic E-state index is -0.270. The summed E-state index contributed by atoms with van der Waals surface area (Å²) in [6.07, 6.45) is 10.3. The second-order valence-corrected chi connectivity index (χ2v) is 7.93. The van der Waals surface area contributed by atoms with Crippen LogP contribution in [0.4, 0.5) is 5.69 Å². The standard InChI is InChI=1S/C24H24N6O/c31-24(28-20-9-8-19(27-15-20)14-26-18-5-1-2-6-18)23-21-12-16(7-10-22(21)29-30-23)17-4-3-11-25-13-17/h3-4,7-13,15,18,26H,1-2,5-6,14H2,(H,28,31)(H,29,30). The number of aromatic amines is 1. The predicted octanol–water partition coefficient (Wildman–Crippen LogP) is 4.30. The first kappa shape index (κ1) is 19.4. The maximum atomic E-state index is 12.9. The number of rotatable bonds is 6. The van der Waals surface area contributed by atoms with Crippen LogP contribution in [0.3, 0.4) is 0 Å². The molecular formula is C24H24N6O. The molecule has 0 atom stereocenters. The van der Waals surface area contributed by atoms with Crippen molar-refractivity contribution >= 4 is 22.5 Å². The third-order valence-corrected chi connectivity index (χ3v) is 5.78. The van der Waals surface area contributed by atoms with E-state index in [9.17, 15) is 4.79 Å². The van der Waals surface area contributed by atoms with E-state index in [0.29, 0.717) is 17.4 Å². The van der Waals surface area contributed by atoms with Gasteiger partial charge in [-0.2, -0.15) is 5.10 Å². The first-order valence-corrected chi connectivity index (χ1v) is 10.6. The molecule has 7 nitrogen and oxygen atoms in total. The van der Waals surface area contributed by atoms with E-state index >= 15 is 0 Å². The number of amides is 1. The fourth-order valence-electron chi connectivity index (χ4n) is 4.07. The Balaban J connectivity index is 1.29. The molecule has 0 radical (unpaired) electrons. The number of anilines is 1. The van der Waals surface area contributed by atoms with Crippen molar-refractivity contribution in [3.05, 3.63) is 72.4 Å². The Hall–Kier alpha value is -3.58. The van der Waals surface area contributed by atoms with Crippen molar-refractivity contribution in [2.45, 2.75) is 38.3 Å². The quantitative estimate of drug-likeness (QED) is 0.439. The van der Waals surface area contributed by atoms with Gasteiger partial charge in [-0.1, -0.05) is 25.0 Å². The number of nitrogens with one attached hydrogen (secondary N) is 3. The number of carbonyl (C=O) groups excluding carboxylic acids is 1. The fraction of sp³-hybridized carbons (Fsp3) is 0.250. The third-order valence-electron chi connectivity index (χ3n) is 5.78. The maximum absolute atomic E-state index is 12.9. The van der Waals surface area contributed by atoms with Crippen molar-refractivity contribution in [3.63, 3.8) is 0 Å². The molecule has 1 amide bonds. The van der Waals surface area contributed by atoms with Gasteiger partial charge in [0.2, 0.25) is 0 Å². The van der Waals surface area contributed by atoms with Crippen molar-refractivity contribution in [1.82, 2.24) is 25.5 Å². The first-order valence-electron chi connectivity index (χ1n) is 10.6. The van der Waals surface area contributed by atoms with Crippen molar-refractivity contribution in [2.24, 2.45) is 0 Å². The smallest absolute Gasteiger partial charge is 0.276 e. The zero-order valence-electron chi connectivity index (χ0n) is 17.1. The van der Waals surface area contributed by atoms with E-state index in [-0.39, 0.29) is 5.91 Å². The molecular weight excluding hydrogens is 388 g/mol. The highest BCUT2D eigenvalue weighted by Crippen LogP contribution is 2.25. The van der Waals surface area contributed by atoms with Gasteiger partial charge < -0.3 is 10.6 Å². The minimum Gasteiger partial charge on any atom is -0.319 e. The van der Waals surface area contributed by atoms with Crippen LogP contribution >= 0.6 is 0 Å². The number of hydrogen-bond acceptors (Lipinski definition) is 5. The van der Waals surface area contributed by atoms with Crippen LogP contribution in [-0.2, 0) is 6.54 Å². The lowest BCUT2D eigenvalue weighted by atomic mass is 10.0. The highest BCUT2D eigenvalue weighted by Gasteiger charge is 2.16. The normalized spacial score (nSPS) is 14.2. The predicted molar refractivity (Wildman–Crippen MR) is 121 cm³/mol. The maximum Gasteiger partial charge on any atom is 0.276 e. The van der Waals surface area contributed by atoms with Gasteiger partial charge in [-0.05, 0) is 48.7 Å². The van der Waals surface area contributed by atoms with E-state index in [1.807, 2.05) is 42.5 Å². The monoisotopic (exact) mass is 412 g/mol. The molecule has 1 aromatic carbocycles. The Morgan fingerprint density at radius 1 is 1.06 bits per heavy atom. The molecule has 31 heavy (non-hydrogen) atoms. The van der Waals surface area contributed by atoms with Gasteiger partial charge in [0.1, 0.15) is 0 Å². The van der Waals surface area contributed by atoms with Gasteiger partial charge in [-0.15, -0.1) is 0 Å². The summed E-state index contributed by atoms with van der Waals surface area (Å²) in [7, 11) is 0. The van der Waals surface area contributed by atoms with Crippen LogP contribution < -0.4 is 10.6 Å². The molecule has 0 spiro atoms. The SMILES string of the molecule is O=C(Nc1ccc(CNC2CCCC2)nc1)c1n[nH]c2ccc(-c3cccnc3)cc12. The van der Waals surface area contributed by atoms with Crippen molar-refractivity contribution in [3.8, 4) is 11.1 Å². The molecule has 0 unspecified atom stereocenters. The molecule has 1 saturated carbocycles. The lowest BCUT2D eigenvalue weighted by Gasteiger charge is -2.11. The Kier molecular flexibility index (Phi) is 5.41. The topological polar surface area (TPSA) is 95.6 Å². The molecule has 5 rings (SSSR count). The van der Waals surface area contributed by atoms with Gasteiger partial charge in [0.05, 0.1) is 23.1 Å². The molecule has 1 fully saturated rings. The minimum absolute atomic E-state index is 0.270. The van der Waals surface area contributed by atoms with Crippen LogP contribution in [0.15, 0.2) is 61.1 Å². The summed E-state index contributed by atoms with van der Waals surface area (Å²) in [5.74, 6) is -0.270. The van der Waals surface area contributed by atoms with E-state index < -0.39 is 0 Å². The van der Waals surface area contributed by atoms with Gasteiger partial charge in [0.15, 0.2) is 5.69 Å². The number of fused-ring (bicyclic) bond motifs is 1. The van der Waals surface area contributed by atoms with E-state index in [2.05, 4.69) is 30.8 Å². The Labute approximate surface area is 180 Å². The number of hydrogen-bond donors (Lipinski definition) is 3. The van der Waals surface area contributed by atoms with Crippen LogP contribution in [0.1, 0.15) is 41.9 Å². The van der Waals surface area contributed by atoms with Crippen molar-refractivity contribution in [2.75, 3.05) is 5.32 Å². The van der Waals surface area contributed by atoms with Crippen LogP contribution in [0, 0.1) is 0 Å². The average Bonchev–Trinajstić information content (AvgIpc) is 3.49. The molecule has 7 heteroatoms. The second kappa shape index (κ2) is 8.65. The number of aromatic nitrogens is 4. The van der Waals surface area contributed by atoms with Crippen LogP contribution in [0.2, 0.25) is 0 Å². The summed E-state index contributed by atoms with van der Waals surface area (Å²) in [6, 6.07) is 14.2. The van der Waals surface area contributed by atoms with Gasteiger partial charge in [0, 0.05) is 35.9 Å². The highest BCUT2D eigenvalue weighted by molar-refractivity contribution is 6.11. The molecule has 0 aliphatic heterocycles. The summed E-state index contributed by atoms with van der Waals surface area (Å²) in [5, 5.41) is 14.4. The van der Waals surface area contributed by atoms with Gasteiger partial charge in [0.25, 0.3) is 5.91 Å². The molecule has 4 aromatic rings. The number of carbonyl (C=O) groups is 1. The molecule has 3 aromatic heterocycles. The van der Waals surface area contributed by atoms with Crippen LogP contribution in [-0.4, -0.2) is 32.1 Å². The van der Waals surface area contributed by atoms with Crippen LogP contribution in [0.5, 0.6) is 0 Å². The first-order chi connectivity index (χ1) is 15.3. The summed E-state index contributed by atoms with van der Waals surface area (Å²) in [6.45, 7) is 0.750.